The summed E-state index contributed by atoms with van der Waals surface area (Å²) in [5, 5.41) is 2.72. The molecule has 0 atom stereocenters. The molecule has 0 aliphatic carbocycles. The number of nitrogen functional groups attached to an aromatic ring is 1. The predicted molar refractivity (Wildman–Crippen MR) is 102 cm³/mol. The standard InChI is InChI=1S/C21H17F3N2O2/c1-13-11-16(25)5-8-18(13)26-20(27)10-7-17-6-9-19(28-17)14-3-2-4-15(12-14)21(22,23)24/h2-12H,25H2,1H3,(H,26,27)/b10-7+. The number of hydrogen-bond acceptors (Lipinski definition) is 3. The number of aryl methyl sites for hydroxylation is 1. The number of hydrogen-bond donors (Lipinski definition) is 2. The third-order valence-corrected chi connectivity index (χ3v) is 4.01. The monoisotopic (exact) mass is 386 g/mol. The lowest BCUT2D eigenvalue weighted by molar-refractivity contribution is -0.137. The van der Waals surface area contributed by atoms with Gasteiger partial charge in [-0.15, -0.1) is 0 Å². The van der Waals surface area contributed by atoms with E-state index < -0.39 is 11.7 Å². The van der Waals surface area contributed by atoms with Crippen LogP contribution in [-0.2, 0) is 11.0 Å². The molecule has 4 nitrogen and oxygen atoms in total. The molecule has 0 aliphatic rings. The summed E-state index contributed by atoms with van der Waals surface area (Å²) in [7, 11) is 0. The predicted octanol–water partition coefficient (Wildman–Crippen LogP) is 5.51. The molecule has 3 aromatic rings. The molecule has 0 saturated carbocycles. The van der Waals surface area contributed by atoms with Crippen LogP contribution >= 0.6 is 0 Å². The zero-order valence-corrected chi connectivity index (χ0v) is 14.9. The highest BCUT2D eigenvalue weighted by molar-refractivity contribution is 6.02. The van der Waals surface area contributed by atoms with Crippen molar-refractivity contribution >= 4 is 23.4 Å². The molecule has 2 aromatic carbocycles. The van der Waals surface area contributed by atoms with Crippen LogP contribution in [0.15, 0.2) is 65.1 Å². The number of benzene rings is 2. The third kappa shape index (κ3) is 4.62. The van der Waals surface area contributed by atoms with E-state index in [1.165, 1.54) is 24.3 Å². The second kappa shape index (κ2) is 7.64. The van der Waals surface area contributed by atoms with Crippen molar-refractivity contribution in [3.63, 3.8) is 0 Å². The van der Waals surface area contributed by atoms with Crippen LogP contribution in [0.2, 0.25) is 0 Å². The van der Waals surface area contributed by atoms with E-state index in [-0.39, 0.29) is 11.7 Å². The van der Waals surface area contributed by atoms with Gasteiger partial charge in [-0.3, -0.25) is 4.79 Å². The average molecular weight is 386 g/mol. The Balaban J connectivity index is 1.71. The van der Waals surface area contributed by atoms with Crippen molar-refractivity contribution in [1.82, 2.24) is 0 Å². The molecule has 0 bridgehead atoms. The van der Waals surface area contributed by atoms with Gasteiger partial charge in [0.25, 0.3) is 0 Å². The third-order valence-electron chi connectivity index (χ3n) is 4.01. The van der Waals surface area contributed by atoms with Gasteiger partial charge in [0.15, 0.2) is 0 Å². The van der Waals surface area contributed by atoms with Crippen LogP contribution in [0.3, 0.4) is 0 Å². The SMILES string of the molecule is Cc1cc(N)ccc1NC(=O)/C=C/c1ccc(-c2cccc(C(F)(F)F)c2)o1. The number of halogens is 3. The molecular formula is C21H17F3N2O2. The zero-order chi connectivity index (χ0) is 20.3. The van der Waals surface area contributed by atoms with Gasteiger partial charge in [0.1, 0.15) is 11.5 Å². The van der Waals surface area contributed by atoms with E-state index in [4.69, 9.17) is 10.2 Å². The smallest absolute Gasteiger partial charge is 0.416 e. The molecule has 1 aromatic heterocycles. The summed E-state index contributed by atoms with van der Waals surface area (Å²) in [5.41, 5.74) is 7.28. The van der Waals surface area contributed by atoms with Crippen LogP contribution in [0.1, 0.15) is 16.9 Å². The molecular weight excluding hydrogens is 369 g/mol. The van der Waals surface area contributed by atoms with Gasteiger partial charge in [0.2, 0.25) is 5.91 Å². The van der Waals surface area contributed by atoms with E-state index in [1.54, 1.807) is 30.3 Å². The van der Waals surface area contributed by atoms with Gasteiger partial charge >= 0.3 is 6.18 Å². The number of carbonyl (C=O) groups excluding carboxylic acids is 1. The molecule has 0 radical (unpaired) electrons. The summed E-state index contributed by atoms with van der Waals surface area (Å²) in [5.74, 6) is 0.252. The second-order valence-electron chi connectivity index (χ2n) is 6.18. The van der Waals surface area contributed by atoms with Crippen molar-refractivity contribution in [3.8, 4) is 11.3 Å². The molecule has 0 saturated heterocycles. The average Bonchev–Trinajstić information content (AvgIpc) is 3.11. The first-order valence-electron chi connectivity index (χ1n) is 8.35. The number of rotatable bonds is 4. The van der Waals surface area contributed by atoms with Crippen molar-refractivity contribution in [1.29, 1.82) is 0 Å². The topological polar surface area (TPSA) is 68.3 Å². The second-order valence-corrected chi connectivity index (χ2v) is 6.18. The molecule has 0 unspecified atom stereocenters. The van der Waals surface area contributed by atoms with E-state index in [1.807, 2.05) is 6.92 Å². The summed E-state index contributed by atoms with van der Waals surface area (Å²) in [4.78, 5) is 12.1. The first-order valence-corrected chi connectivity index (χ1v) is 8.35. The molecule has 7 heteroatoms. The quantitative estimate of drug-likeness (QED) is 0.459. The fourth-order valence-electron chi connectivity index (χ4n) is 2.61. The van der Waals surface area contributed by atoms with Gasteiger partial charge < -0.3 is 15.5 Å². The lowest BCUT2D eigenvalue weighted by atomic mass is 10.1. The highest BCUT2D eigenvalue weighted by atomic mass is 19.4. The first kappa shape index (κ1) is 19.3. The molecule has 3 rings (SSSR count). The summed E-state index contributed by atoms with van der Waals surface area (Å²) in [6, 6.07) is 13.1. The largest absolute Gasteiger partial charge is 0.457 e. The minimum atomic E-state index is -4.43. The highest BCUT2D eigenvalue weighted by Crippen LogP contribution is 2.32. The number of nitrogens with one attached hydrogen (secondary N) is 1. The first-order chi connectivity index (χ1) is 13.2. The number of nitrogens with two attached hydrogens (primary N) is 1. The Bertz CT molecular complexity index is 1040. The maximum atomic E-state index is 12.8. The van der Waals surface area contributed by atoms with Gasteiger partial charge in [-0.05, 0) is 61.0 Å². The number of amides is 1. The van der Waals surface area contributed by atoms with E-state index in [9.17, 15) is 18.0 Å². The van der Waals surface area contributed by atoms with Crippen molar-refractivity contribution in [2.45, 2.75) is 13.1 Å². The maximum Gasteiger partial charge on any atom is 0.416 e. The molecule has 28 heavy (non-hydrogen) atoms. The number of furan rings is 1. The Hall–Kier alpha value is -3.48. The van der Waals surface area contributed by atoms with Gasteiger partial charge in [0.05, 0.1) is 5.56 Å². The van der Waals surface area contributed by atoms with Crippen molar-refractivity contribution in [2.24, 2.45) is 0 Å². The molecule has 0 spiro atoms. The van der Waals surface area contributed by atoms with E-state index >= 15 is 0 Å². The fraction of sp³-hybridized carbons (Fsp3) is 0.0952. The number of anilines is 2. The zero-order valence-electron chi connectivity index (χ0n) is 14.9. The Morgan fingerprint density at radius 1 is 1.11 bits per heavy atom. The number of alkyl halides is 3. The molecule has 3 N–H and O–H groups in total. The maximum absolute atomic E-state index is 12.8. The Morgan fingerprint density at radius 2 is 1.89 bits per heavy atom. The Morgan fingerprint density at radius 3 is 2.61 bits per heavy atom. The van der Waals surface area contributed by atoms with Crippen LogP contribution < -0.4 is 11.1 Å². The molecule has 144 valence electrons. The number of carbonyl (C=O) groups is 1. The van der Waals surface area contributed by atoms with Crippen molar-refractivity contribution in [2.75, 3.05) is 11.1 Å². The highest BCUT2D eigenvalue weighted by Gasteiger charge is 2.30. The molecule has 1 heterocycles. The van der Waals surface area contributed by atoms with Crippen LogP contribution in [0.5, 0.6) is 0 Å². The molecule has 0 aliphatic heterocycles. The van der Waals surface area contributed by atoms with Crippen molar-refractivity contribution < 1.29 is 22.4 Å². The van der Waals surface area contributed by atoms with E-state index in [0.717, 1.165) is 17.7 Å². The van der Waals surface area contributed by atoms with Crippen LogP contribution in [0.25, 0.3) is 17.4 Å². The summed E-state index contributed by atoms with van der Waals surface area (Å²) < 4.78 is 44.0. The Labute approximate surface area is 159 Å². The lowest BCUT2D eigenvalue weighted by Crippen LogP contribution is -2.09. The summed E-state index contributed by atoms with van der Waals surface area (Å²) in [6.45, 7) is 1.82. The van der Waals surface area contributed by atoms with Gasteiger partial charge in [-0.2, -0.15) is 13.2 Å². The van der Waals surface area contributed by atoms with Crippen LogP contribution in [-0.4, -0.2) is 5.91 Å². The van der Waals surface area contributed by atoms with Gasteiger partial charge in [-0.1, -0.05) is 12.1 Å². The minimum Gasteiger partial charge on any atom is -0.457 e. The van der Waals surface area contributed by atoms with E-state index in [0.29, 0.717) is 22.7 Å². The fourth-order valence-corrected chi connectivity index (χ4v) is 2.61. The summed E-state index contributed by atoms with van der Waals surface area (Å²) >= 11 is 0. The molecule has 0 fully saturated rings. The lowest BCUT2D eigenvalue weighted by Gasteiger charge is -2.07. The van der Waals surface area contributed by atoms with Gasteiger partial charge in [-0.25, -0.2) is 0 Å². The van der Waals surface area contributed by atoms with Crippen LogP contribution in [0, 0.1) is 6.92 Å². The van der Waals surface area contributed by atoms with Crippen molar-refractivity contribution in [3.05, 3.63) is 77.6 Å². The van der Waals surface area contributed by atoms with Crippen LogP contribution in [0.4, 0.5) is 24.5 Å². The normalized spacial score (nSPS) is 11.7. The minimum absolute atomic E-state index is 0.278. The Kier molecular flexibility index (Phi) is 5.26. The summed E-state index contributed by atoms with van der Waals surface area (Å²) in [6.07, 6.45) is -1.70. The van der Waals surface area contributed by atoms with Gasteiger partial charge in [0, 0.05) is 23.0 Å². The molecule has 1 amide bonds. The van der Waals surface area contributed by atoms with E-state index in [2.05, 4.69) is 5.32 Å².